The number of rotatable bonds is 3. The van der Waals surface area contributed by atoms with E-state index in [0.29, 0.717) is 9.39 Å². The van der Waals surface area contributed by atoms with Gasteiger partial charge in [-0.1, -0.05) is 13.8 Å². The molecule has 5 nitrogen and oxygen atoms in total. The topological polar surface area (TPSA) is 63.6 Å². The molecule has 0 radical (unpaired) electrons. The van der Waals surface area contributed by atoms with Crippen molar-refractivity contribution in [2.75, 3.05) is 0 Å². The van der Waals surface area contributed by atoms with Gasteiger partial charge in [0.05, 0.1) is 12.0 Å². The van der Waals surface area contributed by atoms with Crippen molar-refractivity contribution < 1.29 is 0 Å². The zero-order valence-electron chi connectivity index (χ0n) is 9.70. The average Bonchev–Trinajstić information content (AvgIpc) is 2.76. The molecule has 90 valence electrons. The summed E-state index contributed by atoms with van der Waals surface area (Å²) >= 11 is 2.00. The maximum absolute atomic E-state index is 11.5. The molecule has 2 heterocycles. The number of aromatic amines is 1. The molecule has 0 atom stereocenters. The van der Waals surface area contributed by atoms with Gasteiger partial charge in [-0.2, -0.15) is 5.10 Å². The Labute approximate surface area is 112 Å². The van der Waals surface area contributed by atoms with Gasteiger partial charge in [0.2, 0.25) is 0 Å². The molecular weight excluding hydrogens is 331 g/mol. The van der Waals surface area contributed by atoms with Crippen molar-refractivity contribution in [1.82, 2.24) is 19.7 Å². The van der Waals surface area contributed by atoms with Crippen molar-refractivity contribution in [3.05, 3.63) is 37.7 Å². The summed E-state index contributed by atoms with van der Waals surface area (Å²) < 4.78 is 2.32. The van der Waals surface area contributed by atoms with E-state index in [1.165, 1.54) is 6.33 Å². The van der Waals surface area contributed by atoms with Gasteiger partial charge >= 0.3 is 0 Å². The fraction of sp³-hybridized carbons (Fsp3) is 0.364. The zero-order valence-corrected chi connectivity index (χ0v) is 11.9. The maximum atomic E-state index is 11.5. The van der Waals surface area contributed by atoms with Crippen molar-refractivity contribution in [1.29, 1.82) is 0 Å². The Bertz CT molecular complexity index is 587. The number of hydrogen-bond acceptors (Lipinski definition) is 3. The van der Waals surface area contributed by atoms with Crippen molar-refractivity contribution in [2.24, 2.45) is 0 Å². The van der Waals surface area contributed by atoms with Gasteiger partial charge in [-0.3, -0.25) is 4.79 Å². The summed E-state index contributed by atoms with van der Waals surface area (Å²) in [5.74, 6) is 0.603. The maximum Gasteiger partial charge on any atom is 0.266 e. The lowest BCUT2D eigenvalue weighted by Crippen LogP contribution is -2.16. The number of nitrogens with zero attached hydrogens (tertiary/aromatic N) is 3. The van der Waals surface area contributed by atoms with Crippen molar-refractivity contribution in [3.63, 3.8) is 0 Å². The first kappa shape index (κ1) is 12.3. The highest BCUT2D eigenvalue weighted by molar-refractivity contribution is 14.1. The summed E-state index contributed by atoms with van der Waals surface area (Å²) in [5.41, 5.74) is 1.95. The van der Waals surface area contributed by atoms with E-state index in [0.717, 1.165) is 24.2 Å². The van der Waals surface area contributed by atoms with E-state index < -0.39 is 0 Å². The second kappa shape index (κ2) is 4.99. The molecule has 17 heavy (non-hydrogen) atoms. The summed E-state index contributed by atoms with van der Waals surface area (Å²) in [5, 5.41) is 4.47. The average molecular weight is 344 g/mol. The molecule has 0 amide bonds. The van der Waals surface area contributed by atoms with Gasteiger partial charge in [0.25, 0.3) is 5.56 Å². The van der Waals surface area contributed by atoms with Crippen molar-refractivity contribution in [3.8, 4) is 5.82 Å². The van der Waals surface area contributed by atoms with E-state index in [4.69, 9.17) is 0 Å². The van der Waals surface area contributed by atoms with Crippen molar-refractivity contribution >= 4 is 22.6 Å². The molecular formula is C11H13IN4O. The Balaban J connectivity index is 2.63. The summed E-state index contributed by atoms with van der Waals surface area (Å²) in [4.78, 5) is 18.3. The quantitative estimate of drug-likeness (QED) is 0.862. The number of H-pyrrole nitrogens is 1. The lowest BCUT2D eigenvalue weighted by molar-refractivity contribution is 0.761. The molecule has 2 rings (SSSR count). The molecule has 0 bridgehead atoms. The fourth-order valence-electron chi connectivity index (χ4n) is 1.60. The lowest BCUT2D eigenvalue weighted by Gasteiger charge is -2.05. The van der Waals surface area contributed by atoms with Crippen LogP contribution in [0.5, 0.6) is 0 Å². The first-order valence-corrected chi connectivity index (χ1v) is 6.56. The highest BCUT2D eigenvalue weighted by atomic mass is 127. The number of hydrogen-bond donors (Lipinski definition) is 1. The number of aryl methyl sites for hydroxylation is 2. The van der Waals surface area contributed by atoms with Crippen LogP contribution in [0.2, 0.25) is 0 Å². The molecule has 2 aromatic heterocycles. The molecule has 6 heteroatoms. The van der Waals surface area contributed by atoms with E-state index in [1.807, 2.05) is 22.6 Å². The van der Waals surface area contributed by atoms with Gasteiger partial charge in [-0.05, 0) is 41.5 Å². The molecule has 0 spiro atoms. The van der Waals surface area contributed by atoms with Crippen molar-refractivity contribution in [2.45, 2.75) is 26.7 Å². The standard InChI is InChI=1S/C11H13IN4O/c1-3-7-5-8(4-2)16(15-7)10-9(12)11(17)14-6-13-10/h5-6H,3-4H2,1-2H3,(H,13,14,17). The van der Waals surface area contributed by atoms with Gasteiger partial charge in [0.1, 0.15) is 3.57 Å². The highest BCUT2D eigenvalue weighted by Crippen LogP contribution is 2.14. The Morgan fingerprint density at radius 2 is 2.18 bits per heavy atom. The third kappa shape index (κ3) is 2.26. The van der Waals surface area contributed by atoms with Crippen LogP contribution >= 0.6 is 22.6 Å². The number of nitrogens with one attached hydrogen (secondary N) is 1. The van der Waals surface area contributed by atoms with E-state index in [-0.39, 0.29) is 5.56 Å². The van der Waals surface area contributed by atoms with E-state index in [2.05, 4.69) is 35.0 Å². The molecule has 0 saturated carbocycles. The van der Waals surface area contributed by atoms with Gasteiger partial charge in [-0.15, -0.1) is 0 Å². The van der Waals surface area contributed by atoms with Gasteiger partial charge in [-0.25, -0.2) is 9.67 Å². The van der Waals surface area contributed by atoms with E-state index >= 15 is 0 Å². The van der Waals surface area contributed by atoms with Crippen LogP contribution in [0.3, 0.4) is 0 Å². The normalized spacial score (nSPS) is 10.8. The SMILES string of the molecule is CCc1cc(CC)n(-c2nc[nH]c(=O)c2I)n1. The van der Waals surface area contributed by atoms with Crippen LogP contribution < -0.4 is 5.56 Å². The van der Waals surface area contributed by atoms with Crippen LogP contribution in [0.25, 0.3) is 5.82 Å². The molecule has 0 unspecified atom stereocenters. The molecule has 0 fully saturated rings. The van der Waals surface area contributed by atoms with Crippen LogP contribution in [0, 0.1) is 3.57 Å². The minimum Gasteiger partial charge on any atom is -0.312 e. The van der Waals surface area contributed by atoms with Gasteiger partial charge in [0, 0.05) is 5.69 Å². The molecule has 0 aliphatic heterocycles. The van der Waals surface area contributed by atoms with Crippen LogP contribution in [-0.2, 0) is 12.8 Å². The monoisotopic (exact) mass is 344 g/mol. The first-order valence-electron chi connectivity index (χ1n) is 5.48. The second-order valence-electron chi connectivity index (χ2n) is 3.62. The van der Waals surface area contributed by atoms with E-state index in [1.54, 1.807) is 4.68 Å². The zero-order chi connectivity index (χ0) is 12.4. The molecule has 0 aromatic carbocycles. The van der Waals surface area contributed by atoms with Gasteiger partial charge in [0.15, 0.2) is 5.82 Å². The number of halogens is 1. The largest absolute Gasteiger partial charge is 0.312 e. The summed E-state index contributed by atoms with van der Waals surface area (Å²) in [6.45, 7) is 4.12. The third-order valence-corrected chi connectivity index (χ3v) is 3.51. The Hall–Kier alpha value is -1.18. The smallest absolute Gasteiger partial charge is 0.266 e. The minimum atomic E-state index is -0.133. The Morgan fingerprint density at radius 3 is 2.82 bits per heavy atom. The molecule has 1 N–H and O–H groups in total. The predicted molar refractivity (Wildman–Crippen MR) is 73.5 cm³/mol. The minimum absolute atomic E-state index is 0.133. The first-order chi connectivity index (χ1) is 8.17. The molecule has 0 aliphatic carbocycles. The third-order valence-electron chi connectivity index (χ3n) is 2.54. The predicted octanol–water partition coefficient (Wildman–Crippen LogP) is 1.68. The van der Waals surface area contributed by atoms with Crippen LogP contribution in [0.15, 0.2) is 17.2 Å². The van der Waals surface area contributed by atoms with Crippen LogP contribution in [0.4, 0.5) is 0 Å². The summed E-state index contributed by atoms with van der Waals surface area (Å²) in [6.07, 6.45) is 3.14. The van der Waals surface area contributed by atoms with Gasteiger partial charge < -0.3 is 4.98 Å². The summed E-state index contributed by atoms with van der Waals surface area (Å²) in [7, 11) is 0. The van der Waals surface area contributed by atoms with Crippen LogP contribution in [-0.4, -0.2) is 19.7 Å². The fourth-order valence-corrected chi connectivity index (χ4v) is 2.13. The molecule has 2 aromatic rings. The lowest BCUT2D eigenvalue weighted by atomic mass is 10.2. The molecule has 0 saturated heterocycles. The Morgan fingerprint density at radius 1 is 1.41 bits per heavy atom. The highest BCUT2D eigenvalue weighted by Gasteiger charge is 2.13. The number of aromatic nitrogens is 4. The summed E-state index contributed by atoms with van der Waals surface area (Å²) in [6, 6.07) is 2.05. The Kier molecular flexibility index (Phi) is 3.60. The van der Waals surface area contributed by atoms with E-state index in [9.17, 15) is 4.79 Å². The second-order valence-corrected chi connectivity index (χ2v) is 4.69. The van der Waals surface area contributed by atoms with Crippen LogP contribution in [0.1, 0.15) is 25.2 Å². The molecule has 0 aliphatic rings.